The predicted octanol–water partition coefficient (Wildman–Crippen LogP) is -0.495. The van der Waals surface area contributed by atoms with Crippen molar-refractivity contribution in [1.29, 1.82) is 0 Å². The third kappa shape index (κ3) is 17.6. The van der Waals surface area contributed by atoms with E-state index in [2.05, 4.69) is 42.2 Å². The Bertz CT molecular complexity index is 2520. The summed E-state index contributed by atoms with van der Waals surface area (Å²) in [6, 6.07) is 9.96. The normalized spacial score (nSPS) is 22.5. The molecule has 396 valence electrons. The van der Waals surface area contributed by atoms with E-state index in [0.29, 0.717) is 27.5 Å². The number of aliphatic hydroxyl groups is 3. The van der Waals surface area contributed by atoms with Crippen LogP contribution in [0.15, 0.2) is 79.0 Å². The molecular weight excluding hydrogens is 1090 g/mol. The van der Waals surface area contributed by atoms with Crippen LogP contribution in [0.3, 0.4) is 0 Å². The Morgan fingerprint density at radius 3 is 2.10 bits per heavy atom. The van der Waals surface area contributed by atoms with Crippen molar-refractivity contribution in [1.82, 2.24) is 42.2 Å². The SMILES string of the molecule is C[C@@H](O)[C@H](CO)NC(=O)[C@@H]1CSSC[C@H](NC(=O)[C@@H](N)Cc2ccccc2)C(=O)N[C@@H](Cc2ccc(O)c([125I])c2)C(=O)N[C@H](Cc2c[nH]c3ccccc23)C(=O)N[C@@H](CCCCN)C(=O)N[C@@H]([C@@H](C)O)C(=O)N1. The van der Waals surface area contributed by atoms with Gasteiger partial charge in [0.25, 0.3) is 0 Å². The van der Waals surface area contributed by atoms with Gasteiger partial charge in [-0.1, -0.05) is 76.2 Å². The Morgan fingerprint density at radius 2 is 1.42 bits per heavy atom. The molecule has 2 heterocycles. The van der Waals surface area contributed by atoms with Crippen molar-refractivity contribution in [2.24, 2.45) is 11.5 Å². The van der Waals surface area contributed by atoms with E-state index < -0.39 is 108 Å². The minimum absolute atomic E-state index is 0.0117. The van der Waals surface area contributed by atoms with Crippen molar-refractivity contribution in [2.75, 3.05) is 24.7 Å². The summed E-state index contributed by atoms with van der Waals surface area (Å²) in [5.74, 6) is -6.31. The molecule has 0 spiro atoms. The molecule has 16 N–H and O–H groups in total. The molecule has 4 aromatic rings. The van der Waals surface area contributed by atoms with Crippen molar-refractivity contribution in [2.45, 2.75) is 113 Å². The van der Waals surface area contributed by atoms with Crippen LogP contribution in [0.25, 0.3) is 10.9 Å². The molecule has 1 aromatic heterocycles. The molecule has 7 amide bonds. The van der Waals surface area contributed by atoms with Gasteiger partial charge in [0, 0.05) is 41.4 Å². The van der Waals surface area contributed by atoms with Gasteiger partial charge in [-0.3, -0.25) is 33.6 Å². The number of nitrogens with one attached hydrogen (secondary N) is 8. The van der Waals surface area contributed by atoms with Crippen LogP contribution in [0.1, 0.15) is 49.8 Å². The standard InChI is InChI=1S/C49H65IN10O11S2/c1-26(62)38(23-61)57-48(70)40-25-73-72-24-39(58-43(65)33(52)19-28-10-4-3-5-11-28)47(69)55-36(20-29-15-16-41(64)32(50)18-29)45(67)56-37(21-30-22-53-34-13-7-6-12-31(30)34)46(68)54-35(14-8-9-17-51)44(66)60-42(27(2)63)49(71)59-40/h3-7,10-13,15-16,18,22,26-27,33,35-40,42,53,61-64H,8-9,14,17,19-21,23-25,51-52H2,1-2H3,(H,54,68)(H,55,69)(H,56,67)(H,57,70)(H,58,65)(H,59,71)(H,60,66)/t26-,27-,33+,35+,36+,37-,38+,39+,40+,42+/m1/s1/i50-2. The molecule has 0 radical (unpaired) electrons. The number of halogens is 1. The van der Waals surface area contributed by atoms with Crippen LogP contribution >= 0.6 is 44.2 Å². The zero-order chi connectivity index (χ0) is 53.2. The zero-order valence-corrected chi connectivity index (χ0v) is 44.1. The first-order chi connectivity index (χ1) is 34.9. The van der Waals surface area contributed by atoms with Gasteiger partial charge in [0.1, 0.15) is 42.0 Å². The molecular formula is C49H65IN10O11S2. The van der Waals surface area contributed by atoms with Gasteiger partial charge in [0.05, 0.1) is 34.5 Å². The molecule has 1 saturated heterocycles. The molecule has 3 aromatic carbocycles. The third-order valence-electron chi connectivity index (χ3n) is 12.0. The highest BCUT2D eigenvalue weighted by Crippen LogP contribution is 2.25. The molecule has 1 aliphatic heterocycles. The number of H-pyrrole nitrogens is 1. The third-order valence-corrected chi connectivity index (χ3v) is 15.3. The number of aromatic nitrogens is 1. The molecule has 73 heavy (non-hydrogen) atoms. The second-order valence-corrected chi connectivity index (χ2v) is 21.5. The lowest BCUT2D eigenvalue weighted by Crippen LogP contribution is -2.62. The number of aliphatic hydroxyl groups excluding tert-OH is 3. The lowest BCUT2D eigenvalue weighted by molar-refractivity contribution is -0.136. The number of para-hydroxylation sites is 1. The van der Waals surface area contributed by atoms with E-state index in [0.717, 1.165) is 38.1 Å². The number of carbonyl (C=O) groups is 7. The molecule has 10 atom stereocenters. The highest BCUT2D eigenvalue weighted by atomic mass is 125. The summed E-state index contributed by atoms with van der Waals surface area (Å²) in [6.45, 7) is 2.18. The maximum absolute atomic E-state index is 14.8. The van der Waals surface area contributed by atoms with Gasteiger partial charge in [-0.25, -0.2) is 0 Å². The predicted molar refractivity (Wildman–Crippen MR) is 286 cm³/mol. The summed E-state index contributed by atoms with van der Waals surface area (Å²) in [7, 11) is 2.01. The van der Waals surface area contributed by atoms with Gasteiger partial charge >= 0.3 is 0 Å². The summed E-state index contributed by atoms with van der Waals surface area (Å²) in [4.78, 5) is 103. The van der Waals surface area contributed by atoms with E-state index in [-0.39, 0.29) is 49.5 Å². The topological polar surface area (TPSA) is 352 Å². The van der Waals surface area contributed by atoms with Crippen molar-refractivity contribution in [3.8, 4) is 5.75 Å². The highest BCUT2D eigenvalue weighted by molar-refractivity contribution is 14.1. The molecule has 1 fully saturated rings. The number of nitrogens with two attached hydrogens (primary N) is 2. The second kappa shape index (κ2) is 28.8. The lowest BCUT2D eigenvalue weighted by Gasteiger charge is -2.29. The van der Waals surface area contributed by atoms with Crippen molar-refractivity contribution in [3.05, 3.63) is 99.3 Å². The average molecular weight is 1160 g/mol. The lowest BCUT2D eigenvalue weighted by atomic mass is 10.0. The van der Waals surface area contributed by atoms with Crippen LogP contribution in [-0.4, -0.2) is 152 Å². The van der Waals surface area contributed by atoms with Crippen LogP contribution in [0.2, 0.25) is 0 Å². The fourth-order valence-corrected chi connectivity index (χ4v) is 10.7. The Kier molecular flexibility index (Phi) is 23.1. The fourth-order valence-electron chi connectivity index (χ4n) is 7.79. The zero-order valence-electron chi connectivity index (χ0n) is 40.3. The summed E-state index contributed by atoms with van der Waals surface area (Å²) in [6.07, 6.45) is -0.438. The molecule has 1 aliphatic rings. The van der Waals surface area contributed by atoms with E-state index in [1.807, 2.05) is 46.9 Å². The number of carbonyl (C=O) groups excluding carboxylic acids is 7. The number of benzene rings is 3. The van der Waals surface area contributed by atoms with Gasteiger partial charge in [0.2, 0.25) is 41.4 Å². The fraction of sp³-hybridized carbons (Fsp3) is 0.449. The molecule has 5 rings (SSSR count). The van der Waals surface area contributed by atoms with Gasteiger partial charge in [0.15, 0.2) is 0 Å². The first kappa shape index (κ1) is 58.4. The highest BCUT2D eigenvalue weighted by Gasteiger charge is 2.36. The van der Waals surface area contributed by atoms with Crippen molar-refractivity contribution < 1.29 is 54.0 Å². The summed E-state index contributed by atoms with van der Waals surface area (Å²) < 4.78 is 0.453. The number of hydrogen-bond acceptors (Lipinski definition) is 15. The number of hydrogen-bond donors (Lipinski definition) is 14. The maximum atomic E-state index is 14.8. The average Bonchev–Trinajstić information content (AvgIpc) is 3.77. The maximum Gasteiger partial charge on any atom is 0.245 e. The van der Waals surface area contributed by atoms with E-state index in [4.69, 9.17) is 11.5 Å². The first-order valence-electron chi connectivity index (χ1n) is 23.7. The van der Waals surface area contributed by atoms with E-state index >= 15 is 0 Å². The van der Waals surface area contributed by atoms with E-state index in [9.17, 15) is 54.0 Å². The molecule has 0 aliphatic carbocycles. The molecule has 21 nitrogen and oxygen atoms in total. The van der Waals surface area contributed by atoms with Gasteiger partial charge in [-0.05, 0) is 104 Å². The number of aromatic amines is 1. The summed E-state index contributed by atoms with van der Waals surface area (Å²) >= 11 is 1.92. The Labute approximate surface area is 444 Å². The van der Waals surface area contributed by atoms with Gasteiger partial charge in [-0.15, -0.1) is 0 Å². The number of fused-ring (bicyclic) bond motifs is 1. The van der Waals surface area contributed by atoms with Crippen LogP contribution in [0.5, 0.6) is 5.75 Å². The summed E-state index contributed by atoms with van der Waals surface area (Å²) in [5, 5.41) is 60.8. The van der Waals surface area contributed by atoms with Crippen LogP contribution in [0, 0.1) is 3.57 Å². The van der Waals surface area contributed by atoms with Crippen LogP contribution < -0.4 is 48.7 Å². The van der Waals surface area contributed by atoms with E-state index in [1.54, 1.807) is 48.7 Å². The minimum Gasteiger partial charge on any atom is -0.507 e. The quantitative estimate of drug-likeness (QED) is 0.0360. The molecule has 24 heteroatoms. The van der Waals surface area contributed by atoms with E-state index in [1.165, 1.54) is 19.9 Å². The number of aromatic hydroxyl groups is 1. The molecule has 0 bridgehead atoms. The Balaban J connectivity index is 1.59. The number of phenolic OH excluding ortho intramolecular Hbond substituents is 1. The van der Waals surface area contributed by atoms with Gasteiger partial charge in [-0.2, -0.15) is 0 Å². The minimum atomic E-state index is -1.68. The first-order valence-corrected chi connectivity index (χ1v) is 27.3. The smallest absolute Gasteiger partial charge is 0.245 e. The monoisotopic (exact) mass is 1160 g/mol. The Morgan fingerprint density at radius 1 is 0.781 bits per heavy atom. The number of rotatable bonds is 17. The largest absolute Gasteiger partial charge is 0.507 e. The number of phenols is 1. The van der Waals surface area contributed by atoms with Crippen molar-refractivity contribution in [3.63, 3.8) is 0 Å². The number of amides is 7. The Hall–Kier alpha value is -5.48. The van der Waals surface area contributed by atoms with Crippen LogP contribution in [0.4, 0.5) is 0 Å². The summed E-state index contributed by atoms with van der Waals surface area (Å²) in [5.41, 5.74) is 14.8. The second-order valence-electron chi connectivity index (χ2n) is 17.8. The molecule has 0 saturated carbocycles. The van der Waals surface area contributed by atoms with Gasteiger partial charge < -0.3 is 74.1 Å². The van der Waals surface area contributed by atoms with Crippen LogP contribution in [-0.2, 0) is 52.8 Å². The van der Waals surface area contributed by atoms with Crippen molar-refractivity contribution >= 4 is 96.4 Å². The number of unbranched alkanes of at least 4 members (excludes halogenated alkanes) is 1. The molecule has 0 unspecified atom stereocenters.